The normalized spacial score (nSPS) is 13.0. The second-order valence-corrected chi connectivity index (χ2v) is 6.16. The molecule has 102 valence electrons. The summed E-state index contributed by atoms with van der Waals surface area (Å²) in [4.78, 5) is 0. The fraction of sp³-hybridized carbons (Fsp3) is 0.600. The second-order valence-electron chi connectivity index (χ2n) is 5.31. The van der Waals surface area contributed by atoms with Crippen molar-refractivity contribution in [3.8, 4) is 0 Å². The highest BCUT2D eigenvalue weighted by Gasteiger charge is 2.05. The van der Waals surface area contributed by atoms with Crippen LogP contribution in [0.2, 0.25) is 10.0 Å². The molecule has 1 atom stereocenters. The lowest BCUT2D eigenvalue weighted by Crippen LogP contribution is -2.28. The lowest BCUT2D eigenvalue weighted by molar-refractivity contribution is 0.453. The summed E-state index contributed by atoms with van der Waals surface area (Å²) < 4.78 is 0. The van der Waals surface area contributed by atoms with Gasteiger partial charge in [0.2, 0.25) is 0 Å². The highest BCUT2D eigenvalue weighted by atomic mass is 35.5. The maximum atomic E-state index is 6.14. The first-order valence-electron chi connectivity index (χ1n) is 6.66. The summed E-state index contributed by atoms with van der Waals surface area (Å²) in [5.74, 6) is 0.778. The van der Waals surface area contributed by atoms with Crippen molar-refractivity contribution in [2.24, 2.45) is 5.92 Å². The van der Waals surface area contributed by atoms with Crippen molar-refractivity contribution < 1.29 is 0 Å². The van der Waals surface area contributed by atoms with Gasteiger partial charge in [0.25, 0.3) is 0 Å². The van der Waals surface area contributed by atoms with Gasteiger partial charge in [-0.15, -0.1) is 0 Å². The standard InChI is InChI=1S/C15H23Cl2N/c1-11(2)4-5-12(3)18-9-8-13-6-7-14(16)10-15(13)17/h6-7,10-12,18H,4-5,8-9H2,1-3H3. The molecule has 0 heterocycles. The van der Waals surface area contributed by atoms with E-state index in [0.717, 1.165) is 29.5 Å². The summed E-state index contributed by atoms with van der Waals surface area (Å²) in [6.45, 7) is 7.73. The molecule has 0 saturated heterocycles. The van der Waals surface area contributed by atoms with E-state index in [1.54, 1.807) is 6.07 Å². The summed E-state index contributed by atoms with van der Waals surface area (Å²) in [5.41, 5.74) is 1.16. The van der Waals surface area contributed by atoms with Crippen molar-refractivity contribution in [1.29, 1.82) is 0 Å². The molecule has 0 spiro atoms. The van der Waals surface area contributed by atoms with Gasteiger partial charge in [-0.25, -0.2) is 0 Å². The molecule has 1 nitrogen and oxygen atoms in total. The molecule has 0 radical (unpaired) electrons. The van der Waals surface area contributed by atoms with Gasteiger partial charge >= 0.3 is 0 Å². The van der Waals surface area contributed by atoms with E-state index in [-0.39, 0.29) is 0 Å². The van der Waals surface area contributed by atoms with Crippen LogP contribution in [0.15, 0.2) is 18.2 Å². The fourth-order valence-corrected chi connectivity index (χ4v) is 2.37. The molecular weight excluding hydrogens is 265 g/mol. The van der Waals surface area contributed by atoms with Crippen molar-refractivity contribution in [3.05, 3.63) is 33.8 Å². The molecule has 0 aliphatic rings. The molecule has 1 rings (SSSR count). The molecule has 1 N–H and O–H groups in total. The number of nitrogens with one attached hydrogen (secondary N) is 1. The molecule has 3 heteroatoms. The molecular formula is C15H23Cl2N. The molecule has 0 aromatic heterocycles. The van der Waals surface area contributed by atoms with E-state index in [1.165, 1.54) is 12.8 Å². The van der Waals surface area contributed by atoms with E-state index in [2.05, 4.69) is 26.1 Å². The van der Waals surface area contributed by atoms with Gasteiger partial charge in [-0.2, -0.15) is 0 Å². The molecule has 1 aromatic carbocycles. The quantitative estimate of drug-likeness (QED) is 0.748. The van der Waals surface area contributed by atoms with E-state index < -0.39 is 0 Å². The zero-order chi connectivity index (χ0) is 13.5. The van der Waals surface area contributed by atoms with Crippen LogP contribution in [0.5, 0.6) is 0 Å². The molecule has 0 fully saturated rings. The Morgan fingerprint density at radius 1 is 1.11 bits per heavy atom. The van der Waals surface area contributed by atoms with Crippen LogP contribution in [0.3, 0.4) is 0 Å². The molecule has 0 saturated carbocycles. The predicted molar refractivity (Wildman–Crippen MR) is 81.7 cm³/mol. The van der Waals surface area contributed by atoms with Crippen LogP contribution in [-0.2, 0) is 6.42 Å². The molecule has 0 bridgehead atoms. The molecule has 0 aliphatic heterocycles. The zero-order valence-electron chi connectivity index (χ0n) is 11.5. The van der Waals surface area contributed by atoms with Gasteiger partial charge in [-0.3, -0.25) is 0 Å². The number of hydrogen-bond acceptors (Lipinski definition) is 1. The highest BCUT2D eigenvalue weighted by molar-refractivity contribution is 6.35. The summed E-state index contributed by atoms with van der Waals surface area (Å²) in [6, 6.07) is 6.27. The van der Waals surface area contributed by atoms with Crippen LogP contribution >= 0.6 is 23.2 Å². The Hall–Kier alpha value is -0.240. The number of benzene rings is 1. The Balaban J connectivity index is 2.28. The third-order valence-corrected chi connectivity index (χ3v) is 3.67. The van der Waals surface area contributed by atoms with Crippen molar-refractivity contribution in [2.45, 2.75) is 46.1 Å². The first kappa shape index (κ1) is 15.8. The van der Waals surface area contributed by atoms with Gasteiger partial charge in [-0.1, -0.05) is 43.1 Å². The van der Waals surface area contributed by atoms with E-state index in [4.69, 9.17) is 23.2 Å². The van der Waals surface area contributed by atoms with E-state index >= 15 is 0 Å². The highest BCUT2D eigenvalue weighted by Crippen LogP contribution is 2.21. The van der Waals surface area contributed by atoms with Crippen LogP contribution in [0.25, 0.3) is 0 Å². The van der Waals surface area contributed by atoms with Crippen LogP contribution in [0.1, 0.15) is 39.2 Å². The summed E-state index contributed by atoms with van der Waals surface area (Å²) in [7, 11) is 0. The topological polar surface area (TPSA) is 12.0 Å². The lowest BCUT2D eigenvalue weighted by atomic mass is 10.0. The molecule has 1 aromatic rings. The maximum absolute atomic E-state index is 6.14. The van der Waals surface area contributed by atoms with Crippen molar-refractivity contribution in [3.63, 3.8) is 0 Å². The van der Waals surface area contributed by atoms with Gasteiger partial charge in [0, 0.05) is 16.1 Å². The number of rotatable bonds is 7. The van der Waals surface area contributed by atoms with Crippen molar-refractivity contribution >= 4 is 23.2 Å². The summed E-state index contributed by atoms with van der Waals surface area (Å²) in [5, 5.41) is 5.00. The minimum absolute atomic E-state index is 0.568. The average Bonchev–Trinajstić information content (AvgIpc) is 2.29. The van der Waals surface area contributed by atoms with Crippen molar-refractivity contribution in [1.82, 2.24) is 5.32 Å². The summed E-state index contributed by atoms with van der Waals surface area (Å²) in [6.07, 6.45) is 3.45. The predicted octanol–water partition coefficient (Wildman–Crippen LogP) is 4.95. The maximum Gasteiger partial charge on any atom is 0.0453 e. The van der Waals surface area contributed by atoms with Crippen LogP contribution in [-0.4, -0.2) is 12.6 Å². The molecule has 0 aliphatic carbocycles. The first-order chi connectivity index (χ1) is 8.49. The lowest BCUT2D eigenvalue weighted by Gasteiger charge is -2.15. The van der Waals surface area contributed by atoms with Crippen molar-refractivity contribution in [2.75, 3.05) is 6.54 Å². The Morgan fingerprint density at radius 3 is 2.44 bits per heavy atom. The first-order valence-corrected chi connectivity index (χ1v) is 7.42. The third-order valence-electron chi connectivity index (χ3n) is 3.08. The SMILES string of the molecule is CC(C)CCC(C)NCCc1ccc(Cl)cc1Cl. The van der Waals surface area contributed by atoms with Gasteiger partial charge in [0.1, 0.15) is 0 Å². The number of hydrogen-bond donors (Lipinski definition) is 1. The minimum atomic E-state index is 0.568. The summed E-state index contributed by atoms with van der Waals surface area (Å²) >= 11 is 12.0. The van der Waals surface area contributed by atoms with E-state index in [9.17, 15) is 0 Å². The van der Waals surface area contributed by atoms with Gasteiger partial charge in [-0.05, 0) is 56.3 Å². The monoisotopic (exact) mass is 287 g/mol. The van der Waals surface area contributed by atoms with Gasteiger partial charge < -0.3 is 5.32 Å². The third kappa shape index (κ3) is 6.08. The smallest absolute Gasteiger partial charge is 0.0453 e. The Morgan fingerprint density at radius 2 is 1.83 bits per heavy atom. The van der Waals surface area contributed by atoms with Crippen LogP contribution < -0.4 is 5.32 Å². The molecule has 1 unspecified atom stereocenters. The van der Waals surface area contributed by atoms with Crippen LogP contribution in [0, 0.1) is 5.92 Å². The molecule has 0 amide bonds. The van der Waals surface area contributed by atoms with E-state index in [1.807, 2.05) is 12.1 Å². The van der Waals surface area contributed by atoms with Crippen LogP contribution in [0.4, 0.5) is 0 Å². The Bertz CT molecular complexity index is 364. The second kappa shape index (κ2) is 8.04. The average molecular weight is 288 g/mol. The molecule has 18 heavy (non-hydrogen) atoms. The van der Waals surface area contributed by atoms with Gasteiger partial charge in [0.15, 0.2) is 0 Å². The zero-order valence-corrected chi connectivity index (χ0v) is 13.0. The Kier molecular flexibility index (Phi) is 7.06. The minimum Gasteiger partial charge on any atom is -0.314 e. The number of halogens is 2. The van der Waals surface area contributed by atoms with Gasteiger partial charge in [0.05, 0.1) is 0 Å². The Labute approximate surface area is 121 Å². The largest absolute Gasteiger partial charge is 0.314 e. The fourth-order valence-electron chi connectivity index (χ4n) is 1.86. The van der Waals surface area contributed by atoms with E-state index in [0.29, 0.717) is 11.1 Å².